The average Bonchev–Trinajstić information content (AvgIpc) is 3.02. The number of nitrogens with zero attached hydrogens (tertiary/aromatic N) is 3. The summed E-state index contributed by atoms with van der Waals surface area (Å²) in [5.41, 5.74) is 2.24. The summed E-state index contributed by atoms with van der Waals surface area (Å²) in [6, 6.07) is 10.1. The van der Waals surface area contributed by atoms with Crippen molar-refractivity contribution >= 4 is 29.9 Å². The third-order valence-electron chi connectivity index (χ3n) is 3.09. The first-order valence-electron chi connectivity index (χ1n) is 7.55. The lowest BCUT2D eigenvalue weighted by atomic mass is 10.2. The zero-order valence-electron chi connectivity index (χ0n) is 13.4. The predicted octanol–water partition coefficient (Wildman–Crippen LogP) is 2.77. The molecule has 0 bridgehead atoms. The molecule has 2 N–H and O–H groups in total. The Kier molecular flexibility index (Phi) is 9.04. The summed E-state index contributed by atoms with van der Waals surface area (Å²) in [7, 11) is 0. The van der Waals surface area contributed by atoms with E-state index >= 15 is 0 Å². The molecule has 0 radical (unpaired) electrons. The molecule has 5 nitrogen and oxygen atoms in total. The summed E-state index contributed by atoms with van der Waals surface area (Å²) < 4.78 is 1.89. The highest BCUT2D eigenvalue weighted by Gasteiger charge is 2.01. The summed E-state index contributed by atoms with van der Waals surface area (Å²) >= 11 is 0. The van der Waals surface area contributed by atoms with Gasteiger partial charge in [0, 0.05) is 25.8 Å². The van der Waals surface area contributed by atoms with Gasteiger partial charge < -0.3 is 10.6 Å². The van der Waals surface area contributed by atoms with Crippen LogP contribution in [0.15, 0.2) is 60.4 Å². The zero-order chi connectivity index (χ0) is 15.6. The van der Waals surface area contributed by atoms with Gasteiger partial charge in [0.15, 0.2) is 5.96 Å². The number of nitrogens with one attached hydrogen (secondary N) is 2. The van der Waals surface area contributed by atoms with Gasteiger partial charge in [0.1, 0.15) is 0 Å². The van der Waals surface area contributed by atoms with E-state index in [-0.39, 0.29) is 24.0 Å². The largest absolute Gasteiger partial charge is 0.357 e. The molecule has 1 aromatic carbocycles. The number of para-hydroxylation sites is 1. The van der Waals surface area contributed by atoms with Gasteiger partial charge in [-0.15, -0.1) is 30.6 Å². The molecule has 2 aromatic rings. The van der Waals surface area contributed by atoms with Crippen LogP contribution in [0.5, 0.6) is 0 Å². The van der Waals surface area contributed by atoms with Crippen LogP contribution in [0.4, 0.5) is 0 Å². The minimum absolute atomic E-state index is 0. The first-order chi connectivity index (χ1) is 10.8. The van der Waals surface area contributed by atoms with Gasteiger partial charge in [-0.05, 0) is 31.0 Å². The highest BCUT2D eigenvalue weighted by atomic mass is 127. The quantitative estimate of drug-likeness (QED) is 0.311. The number of aromatic nitrogens is 2. The molecule has 0 unspecified atom stereocenters. The Labute approximate surface area is 154 Å². The molecule has 0 amide bonds. The van der Waals surface area contributed by atoms with Crippen LogP contribution in [0.25, 0.3) is 5.69 Å². The van der Waals surface area contributed by atoms with E-state index in [1.54, 1.807) is 0 Å². The van der Waals surface area contributed by atoms with E-state index < -0.39 is 0 Å². The molecule has 0 aliphatic carbocycles. The van der Waals surface area contributed by atoms with Crippen molar-refractivity contribution in [2.24, 2.45) is 4.99 Å². The highest BCUT2D eigenvalue weighted by molar-refractivity contribution is 14.0. The SMILES string of the molecule is C=CCNC(=NCCc1cnn(-c2ccccc2)c1)NCC.I. The van der Waals surface area contributed by atoms with Gasteiger partial charge in [-0.3, -0.25) is 4.99 Å². The Balaban J connectivity index is 0.00000264. The number of guanidine groups is 1. The summed E-state index contributed by atoms with van der Waals surface area (Å²) in [4.78, 5) is 4.54. The molecule has 0 spiro atoms. The Morgan fingerprint density at radius 3 is 2.78 bits per heavy atom. The van der Waals surface area contributed by atoms with Gasteiger partial charge in [0.25, 0.3) is 0 Å². The fourth-order valence-corrected chi connectivity index (χ4v) is 2.02. The van der Waals surface area contributed by atoms with Crippen molar-refractivity contribution in [3.05, 3.63) is 60.9 Å². The second-order valence-corrected chi connectivity index (χ2v) is 4.81. The van der Waals surface area contributed by atoms with Crippen molar-refractivity contribution < 1.29 is 0 Å². The minimum atomic E-state index is 0. The van der Waals surface area contributed by atoms with Crippen molar-refractivity contribution in [3.63, 3.8) is 0 Å². The van der Waals surface area contributed by atoms with E-state index in [2.05, 4.69) is 40.4 Å². The first kappa shape index (κ1) is 19.2. The maximum Gasteiger partial charge on any atom is 0.191 e. The normalized spacial score (nSPS) is 10.7. The number of hydrogen-bond acceptors (Lipinski definition) is 2. The molecule has 0 fully saturated rings. The van der Waals surface area contributed by atoms with Crippen molar-refractivity contribution in [1.82, 2.24) is 20.4 Å². The van der Waals surface area contributed by atoms with E-state index in [4.69, 9.17) is 0 Å². The van der Waals surface area contributed by atoms with E-state index in [0.717, 1.165) is 24.6 Å². The molecule has 0 atom stereocenters. The molecule has 0 aliphatic rings. The van der Waals surface area contributed by atoms with E-state index in [1.807, 2.05) is 47.3 Å². The van der Waals surface area contributed by atoms with Gasteiger partial charge in [-0.25, -0.2) is 4.68 Å². The molecule has 6 heteroatoms. The van der Waals surface area contributed by atoms with Crippen LogP contribution in [0.1, 0.15) is 12.5 Å². The van der Waals surface area contributed by atoms with E-state index in [9.17, 15) is 0 Å². The highest BCUT2D eigenvalue weighted by Crippen LogP contribution is 2.08. The Morgan fingerprint density at radius 2 is 2.09 bits per heavy atom. The Bertz CT molecular complexity index is 606. The maximum atomic E-state index is 4.54. The number of aliphatic imine (C=N–C) groups is 1. The van der Waals surface area contributed by atoms with Gasteiger partial charge >= 0.3 is 0 Å². The predicted molar refractivity (Wildman–Crippen MR) is 107 cm³/mol. The van der Waals surface area contributed by atoms with E-state index in [0.29, 0.717) is 13.1 Å². The lowest BCUT2D eigenvalue weighted by Gasteiger charge is -2.08. The topological polar surface area (TPSA) is 54.2 Å². The van der Waals surface area contributed by atoms with Crippen molar-refractivity contribution in [1.29, 1.82) is 0 Å². The summed E-state index contributed by atoms with van der Waals surface area (Å²) in [5.74, 6) is 0.817. The molecular weight excluding hydrogens is 401 g/mol. The fourth-order valence-electron chi connectivity index (χ4n) is 2.02. The second kappa shape index (κ2) is 10.8. The number of halogens is 1. The summed E-state index contributed by atoms with van der Waals surface area (Å²) in [5, 5.41) is 10.8. The molecule has 124 valence electrons. The fraction of sp³-hybridized carbons (Fsp3) is 0.294. The molecule has 2 rings (SSSR count). The Morgan fingerprint density at radius 1 is 1.30 bits per heavy atom. The molecule has 1 heterocycles. The van der Waals surface area contributed by atoms with Gasteiger partial charge in [-0.2, -0.15) is 5.10 Å². The molecule has 0 saturated carbocycles. The summed E-state index contributed by atoms with van der Waals surface area (Å²) in [6.45, 7) is 8.01. The lowest BCUT2D eigenvalue weighted by molar-refractivity contribution is 0.850. The minimum Gasteiger partial charge on any atom is -0.357 e. The maximum absolute atomic E-state index is 4.54. The number of benzene rings is 1. The van der Waals surface area contributed by atoms with Gasteiger partial charge in [0.2, 0.25) is 0 Å². The molecule has 23 heavy (non-hydrogen) atoms. The standard InChI is InChI=1S/C17H23N5.HI/c1-3-11-19-17(18-4-2)20-12-10-15-13-21-22(14-15)16-8-6-5-7-9-16;/h3,5-9,13-14H,1,4,10-12H2,2H3,(H2,18,19,20);1H. The van der Waals surface area contributed by atoms with Crippen LogP contribution in [0, 0.1) is 0 Å². The third kappa shape index (κ3) is 6.43. The van der Waals surface area contributed by atoms with Crippen LogP contribution in [0.3, 0.4) is 0 Å². The van der Waals surface area contributed by atoms with Crippen LogP contribution in [-0.4, -0.2) is 35.4 Å². The van der Waals surface area contributed by atoms with Crippen molar-refractivity contribution in [2.45, 2.75) is 13.3 Å². The van der Waals surface area contributed by atoms with Crippen molar-refractivity contribution in [2.75, 3.05) is 19.6 Å². The van der Waals surface area contributed by atoms with Crippen LogP contribution < -0.4 is 10.6 Å². The monoisotopic (exact) mass is 425 g/mol. The van der Waals surface area contributed by atoms with Crippen LogP contribution >= 0.6 is 24.0 Å². The zero-order valence-corrected chi connectivity index (χ0v) is 15.7. The Hall–Kier alpha value is -1.83. The number of hydrogen-bond donors (Lipinski definition) is 2. The number of rotatable bonds is 7. The lowest BCUT2D eigenvalue weighted by Crippen LogP contribution is -2.37. The average molecular weight is 425 g/mol. The van der Waals surface area contributed by atoms with Gasteiger partial charge in [0.05, 0.1) is 11.9 Å². The molecule has 1 aromatic heterocycles. The first-order valence-corrected chi connectivity index (χ1v) is 7.55. The molecular formula is C17H24IN5. The van der Waals surface area contributed by atoms with Crippen LogP contribution in [-0.2, 0) is 6.42 Å². The van der Waals surface area contributed by atoms with E-state index in [1.165, 1.54) is 5.56 Å². The third-order valence-corrected chi connectivity index (χ3v) is 3.09. The molecule has 0 aliphatic heterocycles. The van der Waals surface area contributed by atoms with Crippen molar-refractivity contribution in [3.8, 4) is 5.69 Å². The summed E-state index contributed by atoms with van der Waals surface area (Å²) in [6.07, 6.45) is 6.62. The van der Waals surface area contributed by atoms with Crippen LogP contribution in [0.2, 0.25) is 0 Å². The second-order valence-electron chi connectivity index (χ2n) is 4.81. The van der Waals surface area contributed by atoms with Gasteiger partial charge in [-0.1, -0.05) is 24.3 Å². The molecule has 0 saturated heterocycles. The smallest absolute Gasteiger partial charge is 0.191 e.